The molecule has 0 atom stereocenters. The summed E-state index contributed by atoms with van der Waals surface area (Å²) in [6.07, 6.45) is 0. The van der Waals surface area contributed by atoms with E-state index in [0.717, 1.165) is 16.7 Å². The summed E-state index contributed by atoms with van der Waals surface area (Å²) in [6, 6.07) is 10.4. The zero-order valence-electron chi connectivity index (χ0n) is 11.5. The minimum absolute atomic E-state index is 0.125. The summed E-state index contributed by atoms with van der Waals surface area (Å²) >= 11 is 3.24. The van der Waals surface area contributed by atoms with E-state index >= 15 is 0 Å². The van der Waals surface area contributed by atoms with Crippen molar-refractivity contribution in [2.75, 3.05) is 0 Å². The van der Waals surface area contributed by atoms with Gasteiger partial charge in [0.15, 0.2) is 0 Å². The van der Waals surface area contributed by atoms with Gasteiger partial charge in [0.25, 0.3) is 0 Å². The van der Waals surface area contributed by atoms with E-state index < -0.39 is 10.1 Å². The first-order chi connectivity index (χ1) is 9.33. The fraction of sp³-hybridized carbons (Fsp3) is 0.200. The van der Waals surface area contributed by atoms with E-state index in [0.29, 0.717) is 10.2 Å². The predicted octanol–water partition coefficient (Wildman–Crippen LogP) is 4.14. The Balaban J connectivity index is 2.50. The lowest BCUT2D eigenvalue weighted by atomic mass is 10.1. The monoisotopic (exact) mass is 354 g/mol. The van der Waals surface area contributed by atoms with E-state index in [9.17, 15) is 8.42 Å². The van der Waals surface area contributed by atoms with Crippen LogP contribution in [0.2, 0.25) is 0 Å². The van der Waals surface area contributed by atoms with Gasteiger partial charge in [-0.15, -0.1) is 0 Å². The Morgan fingerprint density at radius 3 is 2.20 bits per heavy atom. The van der Waals surface area contributed by atoms with Gasteiger partial charge in [0, 0.05) is 4.47 Å². The van der Waals surface area contributed by atoms with E-state index in [1.807, 2.05) is 32.9 Å². The van der Waals surface area contributed by atoms with Crippen LogP contribution < -0.4 is 4.18 Å². The van der Waals surface area contributed by atoms with Crippen LogP contribution >= 0.6 is 15.9 Å². The van der Waals surface area contributed by atoms with Crippen molar-refractivity contribution in [2.45, 2.75) is 25.7 Å². The summed E-state index contributed by atoms with van der Waals surface area (Å²) in [5.74, 6) is 0.403. The summed E-state index contributed by atoms with van der Waals surface area (Å²) in [4.78, 5) is 0.125. The lowest BCUT2D eigenvalue weighted by molar-refractivity contribution is 0.481. The standard InChI is InChI=1S/C15H15BrO3S/c1-10-8-9-11(2)15(12(10)3)19-20(17,18)14-7-5-4-6-13(14)16/h4-9H,1-3H3. The highest BCUT2D eigenvalue weighted by Crippen LogP contribution is 2.30. The third kappa shape index (κ3) is 2.88. The Morgan fingerprint density at radius 1 is 0.950 bits per heavy atom. The highest BCUT2D eigenvalue weighted by Gasteiger charge is 2.21. The molecule has 0 radical (unpaired) electrons. The third-order valence-corrected chi connectivity index (χ3v) is 5.41. The second-order valence-corrected chi connectivity index (χ2v) is 6.99. The molecule has 106 valence electrons. The van der Waals surface area contributed by atoms with Gasteiger partial charge >= 0.3 is 10.1 Å². The van der Waals surface area contributed by atoms with Crippen LogP contribution in [0.1, 0.15) is 16.7 Å². The molecule has 0 N–H and O–H groups in total. The van der Waals surface area contributed by atoms with Gasteiger partial charge < -0.3 is 4.18 Å². The van der Waals surface area contributed by atoms with Crippen molar-refractivity contribution in [3.05, 3.63) is 57.6 Å². The summed E-state index contributed by atoms with van der Waals surface area (Å²) in [5.41, 5.74) is 2.62. The number of benzene rings is 2. The minimum atomic E-state index is -3.85. The summed E-state index contributed by atoms with van der Waals surface area (Å²) in [5, 5.41) is 0. The fourth-order valence-corrected chi connectivity index (χ4v) is 3.85. The van der Waals surface area contributed by atoms with Crippen LogP contribution in [0.15, 0.2) is 45.8 Å². The highest BCUT2D eigenvalue weighted by atomic mass is 79.9. The van der Waals surface area contributed by atoms with Gasteiger partial charge in [-0.1, -0.05) is 24.3 Å². The summed E-state index contributed by atoms with van der Waals surface area (Å²) < 4.78 is 30.6. The maximum absolute atomic E-state index is 12.4. The lowest BCUT2D eigenvalue weighted by Crippen LogP contribution is -2.12. The number of aryl methyl sites for hydroxylation is 2. The van der Waals surface area contributed by atoms with Crippen LogP contribution in [-0.2, 0) is 10.1 Å². The van der Waals surface area contributed by atoms with E-state index in [-0.39, 0.29) is 4.90 Å². The second-order valence-electron chi connectivity index (χ2n) is 4.62. The summed E-state index contributed by atoms with van der Waals surface area (Å²) in [7, 11) is -3.85. The summed E-state index contributed by atoms with van der Waals surface area (Å²) in [6.45, 7) is 5.61. The molecule has 0 aromatic heterocycles. The van der Waals surface area contributed by atoms with Crippen LogP contribution in [0.4, 0.5) is 0 Å². The average Bonchev–Trinajstić information content (AvgIpc) is 2.39. The van der Waals surface area contributed by atoms with Crippen LogP contribution in [0, 0.1) is 20.8 Å². The number of rotatable bonds is 3. The van der Waals surface area contributed by atoms with Crippen LogP contribution in [0.3, 0.4) is 0 Å². The zero-order chi connectivity index (χ0) is 14.9. The molecule has 0 saturated heterocycles. The lowest BCUT2D eigenvalue weighted by Gasteiger charge is -2.14. The molecular formula is C15H15BrO3S. The average molecular weight is 355 g/mol. The highest BCUT2D eigenvalue weighted by molar-refractivity contribution is 9.10. The van der Waals surface area contributed by atoms with E-state index in [2.05, 4.69) is 15.9 Å². The Hall–Kier alpha value is -1.33. The molecule has 2 aromatic carbocycles. The van der Waals surface area contributed by atoms with Gasteiger partial charge in [-0.05, 0) is 65.5 Å². The second kappa shape index (κ2) is 5.58. The van der Waals surface area contributed by atoms with Crippen molar-refractivity contribution >= 4 is 26.0 Å². The topological polar surface area (TPSA) is 43.4 Å². The molecule has 0 bridgehead atoms. The molecule has 0 aliphatic carbocycles. The zero-order valence-corrected chi connectivity index (χ0v) is 13.9. The first kappa shape index (κ1) is 15.1. The first-order valence-electron chi connectivity index (χ1n) is 6.09. The quantitative estimate of drug-likeness (QED) is 0.777. The molecule has 0 heterocycles. The molecule has 5 heteroatoms. The van der Waals surface area contributed by atoms with Gasteiger partial charge in [-0.25, -0.2) is 0 Å². The van der Waals surface area contributed by atoms with Crippen molar-refractivity contribution in [3.63, 3.8) is 0 Å². The molecular weight excluding hydrogens is 340 g/mol. The van der Waals surface area contributed by atoms with E-state index in [4.69, 9.17) is 4.18 Å². The molecule has 0 aliphatic rings. The van der Waals surface area contributed by atoms with Crippen molar-refractivity contribution in [2.24, 2.45) is 0 Å². The van der Waals surface area contributed by atoms with E-state index in [1.165, 1.54) is 6.07 Å². The molecule has 0 spiro atoms. The van der Waals surface area contributed by atoms with Crippen molar-refractivity contribution in [1.29, 1.82) is 0 Å². The number of hydrogen-bond donors (Lipinski definition) is 0. The normalized spacial score (nSPS) is 11.4. The molecule has 0 amide bonds. The maximum atomic E-state index is 12.4. The first-order valence-corrected chi connectivity index (χ1v) is 8.29. The van der Waals surface area contributed by atoms with Crippen molar-refractivity contribution in [1.82, 2.24) is 0 Å². The fourth-order valence-electron chi connectivity index (χ4n) is 1.86. The van der Waals surface area contributed by atoms with Gasteiger partial charge in [-0.3, -0.25) is 0 Å². The SMILES string of the molecule is Cc1ccc(C)c(OS(=O)(=O)c2ccccc2Br)c1C. The van der Waals surface area contributed by atoms with Crippen LogP contribution in [0.5, 0.6) is 5.75 Å². The van der Waals surface area contributed by atoms with Crippen LogP contribution in [0.25, 0.3) is 0 Å². The smallest absolute Gasteiger partial charge is 0.340 e. The van der Waals surface area contributed by atoms with Gasteiger partial charge in [0.05, 0.1) is 0 Å². The van der Waals surface area contributed by atoms with Crippen LogP contribution in [-0.4, -0.2) is 8.42 Å². The minimum Gasteiger partial charge on any atom is -0.378 e. The molecule has 3 nitrogen and oxygen atoms in total. The Morgan fingerprint density at radius 2 is 1.55 bits per heavy atom. The Kier molecular flexibility index (Phi) is 4.20. The predicted molar refractivity (Wildman–Crippen MR) is 82.6 cm³/mol. The maximum Gasteiger partial charge on any atom is 0.340 e. The number of halogens is 1. The number of hydrogen-bond acceptors (Lipinski definition) is 3. The molecule has 20 heavy (non-hydrogen) atoms. The van der Waals surface area contributed by atoms with Gasteiger partial charge in [0.2, 0.25) is 0 Å². The van der Waals surface area contributed by atoms with Gasteiger partial charge in [-0.2, -0.15) is 8.42 Å². The van der Waals surface area contributed by atoms with Crippen molar-refractivity contribution < 1.29 is 12.6 Å². The third-order valence-electron chi connectivity index (χ3n) is 3.17. The molecule has 0 saturated carbocycles. The molecule has 0 aliphatic heterocycles. The molecule has 2 aromatic rings. The largest absolute Gasteiger partial charge is 0.378 e. The Labute approximate surface area is 127 Å². The Bertz CT molecular complexity index is 752. The van der Waals surface area contributed by atoms with E-state index in [1.54, 1.807) is 18.2 Å². The van der Waals surface area contributed by atoms with Crippen molar-refractivity contribution in [3.8, 4) is 5.75 Å². The van der Waals surface area contributed by atoms with Gasteiger partial charge in [0.1, 0.15) is 10.6 Å². The molecule has 2 rings (SSSR count). The molecule has 0 unspecified atom stereocenters. The molecule has 0 fully saturated rings.